The first-order valence-electron chi connectivity index (χ1n) is 13.4. The molecule has 204 valence electrons. The molecule has 0 spiro atoms. The summed E-state index contributed by atoms with van der Waals surface area (Å²) in [5.74, 6) is -0.427. The molecule has 38 heavy (non-hydrogen) atoms. The molecule has 0 radical (unpaired) electrons. The molecule has 1 saturated carbocycles. The number of benzene rings is 2. The minimum absolute atomic E-state index is 0.118. The van der Waals surface area contributed by atoms with E-state index < -0.39 is 17.4 Å². The number of phenolic OH excluding ortho intramolecular Hbond substituents is 1. The van der Waals surface area contributed by atoms with Crippen molar-refractivity contribution in [3.8, 4) is 22.6 Å². The number of fused-ring (bicyclic) bond motifs is 1. The van der Waals surface area contributed by atoms with Crippen LogP contribution in [-0.2, 0) is 11.2 Å². The van der Waals surface area contributed by atoms with Gasteiger partial charge in [0.15, 0.2) is 17.8 Å². The maximum Gasteiger partial charge on any atom is 0.407 e. The third kappa shape index (κ3) is 4.91. The van der Waals surface area contributed by atoms with Crippen molar-refractivity contribution >= 4 is 17.0 Å². The Morgan fingerprint density at radius 1 is 1.24 bits per heavy atom. The highest BCUT2D eigenvalue weighted by atomic mass is 19.1. The van der Waals surface area contributed by atoms with E-state index in [1.54, 1.807) is 6.20 Å². The number of aromatic hydroxyl groups is 1. The molecular formula is C29H36FN3O5. The van der Waals surface area contributed by atoms with Crippen molar-refractivity contribution < 1.29 is 28.9 Å². The topological polar surface area (TPSA) is 97.0 Å². The lowest BCUT2D eigenvalue weighted by atomic mass is 9.85. The lowest BCUT2D eigenvalue weighted by Crippen LogP contribution is -2.58. The van der Waals surface area contributed by atoms with Gasteiger partial charge in [0, 0.05) is 31.0 Å². The number of halogens is 1. The first kappa shape index (κ1) is 26.3. The summed E-state index contributed by atoms with van der Waals surface area (Å²) in [4.78, 5) is 13.4. The summed E-state index contributed by atoms with van der Waals surface area (Å²) in [7, 11) is 0. The van der Waals surface area contributed by atoms with Gasteiger partial charge < -0.3 is 24.6 Å². The summed E-state index contributed by atoms with van der Waals surface area (Å²) >= 11 is 0. The molecule has 2 fully saturated rings. The van der Waals surface area contributed by atoms with Crippen molar-refractivity contribution in [2.75, 3.05) is 6.61 Å². The standard InChI is InChI=1S/C29H36FN3O5/c1-5-17-11-25(34)23(30)15-21(17)18-10-24-22(16-31-33(24)27-8-6-7-9-37-27)26(12-18)38-20-13-19(14-20)32(28(35)36)29(2,3)4/h10-12,15-16,19-20,27,34H,5-9,13-14H2,1-4H3,(H,35,36)/t19-,20-,27?. The number of ether oxygens (including phenoxy) is 2. The minimum atomic E-state index is -0.930. The largest absolute Gasteiger partial charge is 0.505 e. The van der Waals surface area contributed by atoms with Crippen LogP contribution in [0.4, 0.5) is 9.18 Å². The lowest BCUT2D eigenvalue weighted by molar-refractivity contribution is -0.0366. The first-order chi connectivity index (χ1) is 18.1. The van der Waals surface area contributed by atoms with E-state index in [-0.39, 0.29) is 24.1 Å². The van der Waals surface area contributed by atoms with E-state index in [4.69, 9.17) is 9.47 Å². The molecule has 2 aliphatic rings. The molecule has 0 bridgehead atoms. The smallest absolute Gasteiger partial charge is 0.407 e. The van der Waals surface area contributed by atoms with Crippen LogP contribution in [0.2, 0.25) is 0 Å². The van der Waals surface area contributed by atoms with Gasteiger partial charge in [-0.3, -0.25) is 0 Å². The van der Waals surface area contributed by atoms with Gasteiger partial charge in [0.1, 0.15) is 11.9 Å². The number of phenols is 1. The maximum absolute atomic E-state index is 14.5. The van der Waals surface area contributed by atoms with Crippen molar-refractivity contribution in [1.82, 2.24) is 14.7 Å². The average Bonchev–Trinajstić information content (AvgIpc) is 3.27. The molecule has 1 saturated heterocycles. The van der Waals surface area contributed by atoms with E-state index in [0.717, 1.165) is 41.3 Å². The third-order valence-electron chi connectivity index (χ3n) is 7.63. The lowest BCUT2D eigenvalue weighted by Gasteiger charge is -2.47. The number of aromatic nitrogens is 2. The molecule has 1 aliphatic heterocycles. The molecular weight excluding hydrogens is 489 g/mol. The van der Waals surface area contributed by atoms with Gasteiger partial charge in [0.2, 0.25) is 0 Å². The fraction of sp³-hybridized carbons (Fsp3) is 0.517. The van der Waals surface area contributed by atoms with Gasteiger partial charge in [-0.05, 0) is 87.4 Å². The molecule has 1 unspecified atom stereocenters. The van der Waals surface area contributed by atoms with Crippen LogP contribution >= 0.6 is 0 Å². The van der Waals surface area contributed by atoms with E-state index in [9.17, 15) is 19.4 Å². The van der Waals surface area contributed by atoms with Crippen molar-refractivity contribution in [3.05, 3.63) is 41.8 Å². The summed E-state index contributed by atoms with van der Waals surface area (Å²) < 4.78 is 28.8. The van der Waals surface area contributed by atoms with E-state index >= 15 is 0 Å². The zero-order valence-corrected chi connectivity index (χ0v) is 22.4. The molecule has 2 N–H and O–H groups in total. The highest BCUT2D eigenvalue weighted by Crippen LogP contribution is 2.41. The van der Waals surface area contributed by atoms with Crippen LogP contribution in [0.3, 0.4) is 0 Å². The Balaban J connectivity index is 1.52. The number of rotatable bonds is 6. The first-order valence-corrected chi connectivity index (χ1v) is 13.4. The predicted molar refractivity (Wildman–Crippen MR) is 142 cm³/mol. The van der Waals surface area contributed by atoms with E-state index in [0.29, 0.717) is 37.2 Å². The quantitative estimate of drug-likeness (QED) is 0.381. The number of carboxylic acid groups (broad SMARTS) is 1. The van der Waals surface area contributed by atoms with Crippen LogP contribution in [0.15, 0.2) is 30.5 Å². The second kappa shape index (κ2) is 10.1. The van der Waals surface area contributed by atoms with Gasteiger partial charge in [-0.25, -0.2) is 13.9 Å². The number of nitrogens with zero attached hydrogens (tertiary/aromatic N) is 3. The summed E-state index contributed by atoms with van der Waals surface area (Å²) in [6.45, 7) is 8.32. The van der Waals surface area contributed by atoms with Crippen LogP contribution in [0.5, 0.6) is 11.5 Å². The van der Waals surface area contributed by atoms with Crippen LogP contribution in [0.25, 0.3) is 22.0 Å². The van der Waals surface area contributed by atoms with Crippen LogP contribution in [0.1, 0.15) is 71.6 Å². The van der Waals surface area contributed by atoms with E-state index in [1.807, 2.05) is 44.5 Å². The van der Waals surface area contributed by atoms with Crippen molar-refractivity contribution in [2.24, 2.45) is 0 Å². The van der Waals surface area contributed by atoms with Gasteiger partial charge in [-0.1, -0.05) is 6.92 Å². The molecule has 8 nitrogen and oxygen atoms in total. The fourth-order valence-corrected chi connectivity index (χ4v) is 5.69. The number of aryl methyl sites for hydroxylation is 1. The Morgan fingerprint density at radius 2 is 2.00 bits per heavy atom. The zero-order chi connectivity index (χ0) is 27.2. The predicted octanol–water partition coefficient (Wildman–Crippen LogP) is 6.50. The molecule has 2 heterocycles. The SMILES string of the molecule is CCc1cc(O)c(F)cc1-c1cc(O[C@H]2C[C@H](N(C(=O)O)C(C)(C)C)C2)c2cnn(C3CCCCO3)c2c1. The molecule has 3 aromatic rings. The van der Waals surface area contributed by atoms with Crippen LogP contribution < -0.4 is 4.74 Å². The second-order valence-corrected chi connectivity index (χ2v) is 11.3. The fourth-order valence-electron chi connectivity index (χ4n) is 5.69. The van der Waals surface area contributed by atoms with Gasteiger partial charge in [0.25, 0.3) is 0 Å². The van der Waals surface area contributed by atoms with Crippen molar-refractivity contribution in [2.45, 2.75) is 90.1 Å². The zero-order valence-electron chi connectivity index (χ0n) is 22.4. The highest BCUT2D eigenvalue weighted by Gasteiger charge is 2.42. The number of hydrogen-bond donors (Lipinski definition) is 2. The van der Waals surface area contributed by atoms with Gasteiger partial charge in [-0.15, -0.1) is 0 Å². The summed E-state index contributed by atoms with van der Waals surface area (Å²) in [6.07, 6.45) is 5.22. The molecule has 2 aromatic carbocycles. The molecule has 1 aliphatic carbocycles. The normalized spacial score (nSPS) is 21.8. The second-order valence-electron chi connectivity index (χ2n) is 11.3. The van der Waals surface area contributed by atoms with Gasteiger partial charge >= 0.3 is 6.09 Å². The van der Waals surface area contributed by atoms with Crippen molar-refractivity contribution in [1.29, 1.82) is 0 Å². The Kier molecular flexibility index (Phi) is 6.98. The molecule has 1 aromatic heterocycles. The van der Waals surface area contributed by atoms with Crippen LogP contribution in [0, 0.1) is 5.82 Å². The number of carbonyl (C=O) groups is 1. The number of hydrogen-bond acceptors (Lipinski definition) is 5. The van der Waals surface area contributed by atoms with Crippen molar-refractivity contribution in [3.63, 3.8) is 0 Å². The Bertz CT molecular complexity index is 1340. The van der Waals surface area contributed by atoms with E-state index in [2.05, 4.69) is 5.10 Å². The van der Waals surface area contributed by atoms with Crippen LogP contribution in [-0.4, -0.2) is 55.3 Å². The van der Waals surface area contributed by atoms with E-state index in [1.165, 1.54) is 17.0 Å². The summed E-state index contributed by atoms with van der Waals surface area (Å²) in [5.41, 5.74) is 2.59. The number of amides is 1. The summed E-state index contributed by atoms with van der Waals surface area (Å²) in [6, 6.07) is 6.60. The Labute approximate surface area is 222 Å². The average molecular weight is 526 g/mol. The van der Waals surface area contributed by atoms with Gasteiger partial charge in [0.05, 0.1) is 17.1 Å². The molecule has 9 heteroatoms. The monoisotopic (exact) mass is 525 g/mol. The Hall–Kier alpha value is -3.33. The molecule has 5 rings (SSSR count). The Morgan fingerprint density at radius 3 is 2.63 bits per heavy atom. The van der Waals surface area contributed by atoms with Gasteiger partial charge in [-0.2, -0.15) is 5.10 Å². The molecule has 1 amide bonds. The third-order valence-corrected chi connectivity index (χ3v) is 7.63. The summed E-state index contributed by atoms with van der Waals surface area (Å²) in [5, 5.41) is 25.2. The maximum atomic E-state index is 14.5. The highest BCUT2D eigenvalue weighted by molar-refractivity contribution is 5.91. The molecule has 1 atom stereocenters. The minimum Gasteiger partial charge on any atom is -0.505 e.